The summed E-state index contributed by atoms with van der Waals surface area (Å²) >= 11 is 0. The van der Waals surface area contributed by atoms with Crippen LogP contribution in [0.1, 0.15) is 49.9 Å². The highest BCUT2D eigenvalue weighted by molar-refractivity contribution is 6.26. The highest BCUT2D eigenvalue weighted by Crippen LogP contribution is 2.60. The van der Waals surface area contributed by atoms with Crippen LogP contribution in [0.5, 0.6) is 0 Å². The first kappa shape index (κ1) is 22.4. The van der Waals surface area contributed by atoms with Crippen molar-refractivity contribution in [2.75, 3.05) is 0 Å². The lowest BCUT2D eigenvalue weighted by atomic mass is 9.78. The zero-order valence-corrected chi connectivity index (χ0v) is 23.4. The summed E-state index contributed by atoms with van der Waals surface area (Å²) in [7, 11) is 0. The minimum Gasteiger partial charge on any atom is -0.0616 e. The van der Waals surface area contributed by atoms with Gasteiger partial charge in [0.2, 0.25) is 0 Å². The standard InChI is InChI=1S/C40H30/c1-39(2)32-20-18-24-12-5-7-13-25(24)35(32)30-21-34-31(22-33(30)39)37-36-26-14-8-6-11-23(26)17-19-28(36)27-15-9-10-16-29(27)38(37)40(34,3)4/h5-22H,1-4H3. The predicted octanol–water partition coefficient (Wildman–Crippen LogP) is 10.9. The van der Waals surface area contributed by atoms with Crippen molar-refractivity contribution in [3.63, 3.8) is 0 Å². The molecule has 0 heteroatoms. The third-order valence-corrected chi connectivity index (χ3v) is 10.2. The van der Waals surface area contributed by atoms with E-state index >= 15 is 0 Å². The molecule has 0 aliphatic heterocycles. The molecule has 0 aromatic heterocycles. The molecule has 0 saturated carbocycles. The normalized spacial score (nSPS) is 15.9. The van der Waals surface area contributed by atoms with E-state index in [1.807, 2.05) is 0 Å². The largest absolute Gasteiger partial charge is 0.0616 e. The van der Waals surface area contributed by atoms with Crippen molar-refractivity contribution in [2.45, 2.75) is 38.5 Å². The average molecular weight is 511 g/mol. The van der Waals surface area contributed by atoms with Crippen LogP contribution in [0.2, 0.25) is 0 Å². The molecule has 0 saturated heterocycles. The van der Waals surface area contributed by atoms with Crippen LogP contribution in [0.15, 0.2) is 109 Å². The van der Waals surface area contributed by atoms with Gasteiger partial charge < -0.3 is 0 Å². The first-order valence-electron chi connectivity index (χ1n) is 14.5. The van der Waals surface area contributed by atoms with Gasteiger partial charge in [-0.1, -0.05) is 125 Å². The Labute approximate surface area is 234 Å². The van der Waals surface area contributed by atoms with E-state index in [0.717, 1.165) is 0 Å². The monoisotopic (exact) mass is 510 g/mol. The lowest BCUT2D eigenvalue weighted by Crippen LogP contribution is -2.17. The minimum atomic E-state index is -0.123. The van der Waals surface area contributed by atoms with Crippen LogP contribution in [0, 0.1) is 0 Å². The van der Waals surface area contributed by atoms with Crippen LogP contribution in [-0.4, -0.2) is 0 Å². The second kappa shape index (κ2) is 7.20. The molecule has 2 aliphatic rings. The Hall–Kier alpha value is -4.42. The minimum absolute atomic E-state index is 0.0641. The third-order valence-electron chi connectivity index (χ3n) is 10.2. The maximum Gasteiger partial charge on any atom is 0.0165 e. The van der Waals surface area contributed by atoms with E-state index < -0.39 is 0 Å². The van der Waals surface area contributed by atoms with Crippen molar-refractivity contribution >= 4 is 43.1 Å². The molecule has 7 aromatic carbocycles. The third kappa shape index (κ3) is 2.53. The van der Waals surface area contributed by atoms with E-state index in [9.17, 15) is 0 Å². The van der Waals surface area contributed by atoms with E-state index in [4.69, 9.17) is 0 Å². The molecule has 9 rings (SSSR count). The van der Waals surface area contributed by atoms with Gasteiger partial charge in [0.25, 0.3) is 0 Å². The highest BCUT2D eigenvalue weighted by atomic mass is 14.5. The summed E-state index contributed by atoms with van der Waals surface area (Å²) in [6, 6.07) is 41.3. The first-order valence-corrected chi connectivity index (χ1v) is 14.5. The molecule has 40 heavy (non-hydrogen) atoms. The zero-order valence-electron chi connectivity index (χ0n) is 23.4. The van der Waals surface area contributed by atoms with E-state index in [1.54, 1.807) is 0 Å². The number of hydrogen-bond donors (Lipinski definition) is 0. The fourth-order valence-electron chi connectivity index (χ4n) is 8.29. The Morgan fingerprint density at radius 3 is 1.70 bits per heavy atom. The smallest absolute Gasteiger partial charge is 0.0165 e. The average Bonchev–Trinajstić information content (AvgIpc) is 3.35. The fraction of sp³-hybridized carbons (Fsp3) is 0.150. The summed E-state index contributed by atoms with van der Waals surface area (Å²) in [5.41, 5.74) is 11.3. The first-order chi connectivity index (χ1) is 19.4. The topological polar surface area (TPSA) is 0 Å². The van der Waals surface area contributed by atoms with Crippen LogP contribution < -0.4 is 0 Å². The van der Waals surface area contributed by atoms with Crippen LogP contribution in [0.25, 0.3) is 65.3 Å². The van der Waals surface area contributed by atoms with Gasteiger partial charge in [0.15, 0.2) is 0 Å². The molecule has 0 nitrogen and oxygen atoms in total. The van der Waals surface area contributed by atoms with Gasteiger partial charge in [0.1, 0.15) is 0 Å². The Morgan fingerprint density at radius 2 is 0.950 bits per heavy atom. The van der Waals surface area contributed by atoms with Gasteiger partial charge in [-0.05, 0) is 99.7 Å². The highest BCUT2D eigenvalue weighted by Gasteiger charge is 2.43. The second-order valence-corrected chi connectivity index (χ2v) is 12.9. The van der Waals surface area contributed by atoms with E-state index in [2.05, 4.69) is 137 Å². The maximum atomic E-state index is 2.57. The zero-order chi connectivity index (χ0) is 27.0. The van der Waals surface area contributed by atoms with E-state index in [0.29, 0.717) is 0 Å². The van der Waals surface area contributed by atoms with Crippen molar-refractivity contribution in [3.05, 3.63) is 131 Å². The molecular formula is C40H30. The summed E-state index contributed by atoms with van der Waals surface area (Å²) < 4.78 is 0. The van der Waals surface area contributed by atoms with Crippen molar-refractivity contribution in [1.82, 2.24) is 0 Å². The van der Waals surface area contributed by atoms with Crippen molar-refractivity contribution in [1.29, 1.82) is 0 Å². The molecule has 190 valence electrons. The summed E-state index contributed by atoms with van der Waals surface area (Å²) in [4.78, 5) is 0. The van der Waals surface area contributed by atoms with Crippen LogP contribution in [0.4, 0.5) is 0 Å². The Bertz CT molecular complexity index is 2260. The molecule has 0 N–H and O–H groups in total. The summed E-state index contributed by atoms with van der Waals surface area (Å²) in [6.07, 6.45) is 0. The van der Waals surface area contributed by atoms with Crippen molar-refractivity contribution < 1.29 is 0 Å². The van der Waals surface area contributed by atoms with Gasteiger partial charge in [-0.15, -0.1) is 0 Å². The molecule has 0 bridgehead atoms. The number of rotatable bonds is 0. The molecular weight excluding hydrogens is 480 g/mol. The molecule has 0 heterocycles. The number of benzene rings is 7. The van der Waals surface area contributed by atoms with Gasteiger partial charge in [-0.2, -0.15) is 0 Å². The van der Waals surface area contributed by atoms with Gasteiger partial charge in [-0.25, -0.2) is 0 Å². The SMILES string of the molecule is CC1(C)c2cc3c(cc2-c2c1ccc1ccccc21)C(C)(C)c1c-3c2c3ccccc3ccc2c2ccccc12. The van der Waals surface area contributed by atoms with Gasteiger partial charge in [-0.3, -0.25) is 0 Å². The van der Waals surface area contributed by atoms with Gasteiger partial charge >= 0.3 is 0 Å². The lowest BCUT2D eigenvalue weighted by molar-refractivity contribution is 0.654. The molecule has 0 unspecified atom stereocenters. The number of hydrogen-bond acceptors (Lipinski definition) is 0. The maximum absolute atomic E-state index is 2.57. The Morgan fingerprint density at radius 1 is 0.400 bits per heavy atom. The van der Waals surface area contributed by atoms with Crippen LogP contribution >= 0.6 is 0 Å². The summed E-state index contributed by atoms with van der Waals surface area (Å²) in [5.74, 6) is 0. The van der Waals surface area contributed by atoms with Gasteiger partial charge in [0, 0.05) is 10.8 Å². The van der Waals surface area contributed by atoms with E-state index in [-0.39, 0.29) is 10.8 Å². The quantitative estimate of drug-likeness (QED) is 0.178. The molecule has 0 fully saturated rings. The van der Waals surface area contributed by atoms with Crippen molar-refractivity contribution in [3.8, 4) is 22.3 Å². The summed E-state index contributed by atoms with van der Waals surface area (Å²) in [5, 5.41) is 10.8. The fourth-order valence-corrected chi connectivity index (χ4v) is 8.29. The summed E-state index contributed by atoms with van der Waals surface area (Å²) in [6.45, 7) is 9.70. The molecule has 7 aromatic rings. The molecule has 0 amide bonds. The Kier molecular flexibility index (Phi) is 4.03. The lowest BCUT2D eigenvalue weighted by Gasteiger charge is -2.25. The van der Waals surface area contributed by atoms with Crippen LogP contribution in [0.3, 0.4) is 0 Å². The molecule has 0 spiro atoms. The van der Waals surface area contributed by atoms with E-state index in [1.165, 1.54) is 87.6 Å². The predicted molar refractivity (Wildman–Crippen MR) is 172 cm³/mol. The molecule has 0 radical (unpaired) electrons. The molecule has 0 atom stereocenters. The number of fused-ring (bicyclic) bond motifs is 15. The van der Waals surface area contributed by atoms with Crippen molar-refractivity contribution in [2.24, 2.45) is 0 Å². The Balaban J connectivity index is 1.48. The van der Waals surface area contributed by atoms with Crippen LogP contribution in [-0.2, 0) is 10.8 Å². The molecule has 2 aliphatic carbocycles. The second-order valence-electron chi connectivity index (χ2n) is 12.9. The van der Waals surface area contributed by atoms with Gasteiger partial charge in [0.05, 0.1) is 0 Å².